The maximum atomic E-state index is 6.22. The molecule has 0 unspecified atom stereocenters. The van der Waals surface area contributed by atoms with Crippen LogP contribution in [0, 0.1) is 6.07 Å². The van der Waals surface area contributed by atoms with Crippen LogP contribution in [-0.2, 0) is 6.61 Å². The normalized spacial score (nSPS) is 10.5. The fourth-order valence-electron chi connectivity index (χ4n) is 2.12. The lowest BCUT2D eigenvalue weighted by atomic mass is 10.1. The molecular weight excluding hydrogens is 315 g/mol. The van der Waals surface area contributed by atoms with Gasteiger partial charge in [0.2, 0.25) is 0 Å². The second kappa shape index (κ2) is 6.87. The summed E-state index contributed by atoms with van der Waals surface area (Å²) in [6, 6.07) is 24.3. The van der Waals surface area contributed by atoms with Crippen molar-refractivity contribution in [1.82, 2.24) is 0 Å². The summed E-state index contributed by atoms with van der Waals surface area (Å²) in [5, 5.41) is 1.26. The van der Waals surface area contributed by atoms with Gasteiger partial charge in [0.05, 0.1) is 5.02 Å². The van der Waals surface area contributed by atoms with E-state index >= 15 is 0 Å². The zero-order chi connectivity index (χ0) is 15.4. The molecule has 0 amide bonds. The first-order chi connectivity index (χ1) is 10.7. The average Bonchev–Trinajstić information content (AvgIpc) is 2.55. The molecule has 0 aliphatic carbocycles. The van der Waals surface area contributed by atoms with Gasteiger partial charge in [-0.3, -0.25) is 0 Å². The predicted molar refractivity (Wildman–Crippen MR) is 91.5 cm³/mol. The number of ether oxygens (including phenoxy) is 1. The maximum absolute atomic E-state index is 6.22. The summed E-state index contributed by atoms with van der Waals surface area (Å²) in [6.45, 7) is 0.475. The largest absolute Gasteiger partial charge is 0.487 e. The Morgan fingerprint density at radius 3 is 2.50 bits per heavy atom. The van der Waals surface area contributed by atoms with E-state index in [-0.39, 0.29) is 0 Å². The zero-order valence-electron chi connectivity index (χ0n) is 11.7. The molecule has 3 aromatic rings. The Labute approximate surface area is 140 Å². The Morgan fingerprint density at radius 2 is 1.73 bits per heavy atom. The van der Waals surface area contributed by atoms with Crippen molar-refractivity contribution in [3.8, 4) is 16.9 Å². The lowest BCUT2D eigenvalue weighted by molar-refractivity contribution is 0.306. The molecule has 3 aromatic carbocycles. The molecule has 0 heterocycles. The van der Waals surface area contributed by atoms with Crippen molar-refractivity contribution in [1.29, 1.82) is 0 Å². The molecule has 0 atom stereocenters. The Kier molecular flexibility index (Phi) is 4.67. The van der Waals surface area contributed by atoms with Crippen LogP contribution < -0.4 is 4.74 Å². The molecule has 1 nitrogen and oxygen atoms in total. The van der Waals surface area contributed by atoms with Gasteiger partial charge in [0, 0.05) is 5.02 Å². The van der Waals surface area contributed by atoms with Crippen LogP contribution in [0.15, 0.2) is 66.7 Å². The van der Waals surface area contributed by atoms with E-state index in [2.05, 4.69) is 6.07 Å². The van der Waals surface area contributed by atoms with Crippen molar-refractivity contribution in [2.75, 3.05) is 0 Å². The summed E-state index contributed by atoms with van der Waals surface area (Å²) in [5.74, 6) is 0.649. The van der Waals surface area contributed by atoms with Crippen molar-refractivity contribution in [3.63, 3.8) is 0 Å². The van der Waals surface area contributed by atoms with Gasteiger partial charge in [-0.05, 0) is 47.0 Å². The summed E-state index contributed by atoms with van der Waals surface area (Å²) in [7, 11) is 0. The van der Waals surface area contributed by atoms with E-state index in [0.717, 1.165) is 16.7 Å². The molecule has 3 rings (SSSR count). The van der Waals surface area contributed by atoms with Crippen molar-refractivity contribution in [2.45, 2.75) is 6.61 Å². The van der Waals surface area contributed by atoms with E-state index in [1.54, 1.807) is 12.1 Å². The van der Waals surface area contributed by atoms with Crippen LogP contribution in [0.1, 0.15) is 5.56 Å². The topological polar surface area (TPSA) is 9.23 Å². The van der Waals surface area contributed by atoms with Crippen LogP contribution in [-0.4, -0.2) is 0 Å². The number of halogens is 2. The smallest absolute Gasteiger partial charge is 0.139 e. The molecule has 109 valence electrons. The van der Waals surface area contributed by atoms with Crippen molar-refractivity contribution >= 4 is 23.2 Å². The van der Waals surface area contributed by atoms with E-state index in [4.69, 9.17) is 27.9 Å². The second-order valence-corrected chi connectivity index (χ2v) is 5.68. The van der Waals surface area contributed by atoms with E-state index in [1.165, 1.54) is 0 Å². The molecule has 0 aliphatic heterocycles. The highest BCUT2D eigenvalue weighted by Crippen LogP contribution is 2.31. The molecule has 0 saturated carbocycles. The zero-order valence-corrected chi connectivity index (χ0v) is 13.2. The summed E-state index contributed by atoms with van der Waals surface area (Å²) in [5.41, 5.74) is 2.97. The Morgan fingerprint density at radius 1 is 0.909 bits per heavy atom. The fraction of sp³-hybridized carbons (Fsp3) is 0.0526. The number of hydrogen-bond donors (Lipinski definition) is 0. The first kappa shape index (κ1) is 15.0. The highest BCUT2D eigenvalue weighted by atomic mass is 35.5. The van der Waals surface area contributed by atoms with Crippen LogP contribution in [0.25, 0.3) is 11.1 Å². The highest BCUT2D eigenvalue weighted by molar-refractivity contribution is 6.32. The minimum atomic E-state index is 0.475. The number of hydrogen-bond acceptors (Lipinski definition) is 1. The van der Waals surface area contributed by atoms with Crippen molar-refractivity contribution in [2.24, 2.45) is 0 Å². The van der Waals surface area contributed by atoms with Gasteiger partial charge in [0.1, 0.15) is 12.4 Å². The van der Waals surface area contributed by atoms with Crippen molar-refractivity contribution < 1.29 is 4.74 Å². The molecular formula is C19H13Cl2O. The van der Waals surface area contributed by atoms with E-state index in [1.807, 2.05) is 54.6 Å². The van der Waals surface area contributed by atoms with Gasteiger partial charge in [0.15, 0.2) is 0 Å². The molecule has 0 N–H and O–H groups in total. The Balaban J connectivity index is 1.84. The van der Waals surface area contributed by atoms with Gasteiger partial charge in [-0.25, -0.2) is 0 Å². The summed E-state index contributed by atoms with van der Waals surface area (Å²) < 4.78 is 5.84. The average molecular weight is 328 g/mol. The summed E-state index contributed by atoms with van der Waals surface area (Å²) >= 11 is 12.2. The summed E-state index contributed by atoms with van der Waals surface area (Å²) in [6.07, 6.45) is 0. The minimum Gasteiger partial charge on any atom is -0.487 e. The van der Waals surface area contributed by atoms with Crippen LogP contribution in [0.3, 0.4) is 0 Å². The lowest BCUT2D eigenvalue weighted by Gasteiger charge is -2.10. The quantitative estimate of drug-likeness (QED) is 0.567. The van der Waals surface area contributed by atoms with Crippen LogP contribution >= 0.6 is 23.2 Å². The van der Waals surface area contributed by atoms with E-state index in [9.17, 15) is 0 Å². The Bertz CT molecular complexity index is 769. The third-order valence-corrected chi connectivity index (χ3v) is 3.79. The number of rotatable bonds is 4. The molecule has 0 aliphatic rings. The highest BCUT2D eigenvalue weighted by Gasteiger charge is 2.06. The Hall–Kier alpha value is -1.96. The SMILES string of the molecule is Clc1cc[c]c(-c2ccc(Cl)c(OCc3ccccc3)c2)c1. The molecule has 3 heteroatoms. The standard InChI is InChI=1S/C19H13Cl2O/c20-17-8-4-7-15(11-17)16-9-10-18(21)19(12-16)22-13-14-5-2-1-3-6-14/h1-6,8-12H,13H2. The monoisotopic (exact) mass is 327 g/mol. The third kappa shape index (κ3) is 3.62. The van der Waals surface area contributed by atoms with Crippen LogP contribution in [0.5, 0.6) is 5.75 Å². The van der Waals surface area contributed by atoms with Gasteiger partial charge in [-0.15, -0.1) is 0 Å². The molecule has 0 spiro atoms. The molecule has 0 aromatic heterocycles. The first-order valence-electron chi connectivity index (χ1n) is 6.86. The van der Waals surface area contributed by atoms with E-state index < -0.39 is 0 Å². The maximum Gasteiger partial charge on any atom is 0.139 e. The van der Waals surface area contributed by atoms with Crippen molar-refractivity contribution in [3.05, 3.63) is 88.4 Å². The molecule has 0 bridgehead atoms. The predicted octanol–water partition coefficient (Wildman–Crippen LogP) is 6.04. The van der Waals surface area contributed by atoms with Gasteiger partial charge in [-0.2, -0.15) is 0 Å². The first-order valence-corrected chi connectivity index (χ1v) is 7.62. The fourth-order valence-corrected chi connectivity index (χ4v) is 2.47. The van der Waals surface area contributed by atoms with Gasteiger partial charge in [0.25, 0.3) is 0 Å². The van der Waals surface area contributed by atoms with E-state index in [0.29, 0.717) is 22.4 Å². The minimum absolute atomic E-state index is 0.475. The van der Waals surface area contributed by atoms with Gasteiger partial charge >= 0.3 is 0 Å². The molecule has 0 fully saturated rings. The van der Waals surface area contributed by atoms with Gasteiger partial charge in [-0.1, -0.05) is 65.7 Å². The number of benzene rings is 3. The molecule has 1 radical (unpaired) electrons. The lowest BCUT2D eigenvalue weighted by Crippen LogP contribution is -1.96. The van der Waals surface area contributed by atoms with Crippen LogP contribution in [0.2, 0.25) is 10.0 Å². The molecule has 0 saturated heterocycles. The summed E-state index contributed by atoms with van der Waals surface area (Å²) in [4.78, 5) is 0. The third-order valence-electron chi connectivity index (χ3n) is 3.24. The van der Waals surface area contributed by atoms with Gasteiger partial charge < -0.3 is 4.74 Å². The molecule has 22 heavy (non-hydrogen) atoms. The van der Waals surface area contributed by atoms with Crippen LogP contribution in [0.4, 0.5) is 0 Å². The second-order valence-electron chi connectivity index (χ2n) is 4.84.